The molecule has 2 amide bonds. The van der Waals surface area contributed by atoms with Gasteiger partial charge in [-0.05, 0) is 32.1 Å². The van der Waals surface area contributed by atoms with Gasteiger partial charge in [-0.15, -0.1) is 11.8 Å². The first kappa shape index (κ1) is 26.1. The minimum Gasteiger partial charge on any atom is -0.477 e. The molecule has 0 aromatic heterocycles. The predicted octanol–water partition coefficient (Wildman–Crippen LogP) is 0.115. The Labute approximate surface area is 210 Å². The summed E-state index contributed by atoms with van der Waals surface area (Å²) in [5.41, 5.74) is 11.5. The minimum absolute atomic E-state index is 0.0293. The minimum atomic E-state index is -1.11. The first-order chi connectivity index (χ1) is 16.5. The molecule has 4 rings (SSSR count). The number of piperidine rings is 1. The summed E-state index contributed by atoms with van der Waals surface area (Å²) in [4.78, 5) is 54.2. The number of carbonyl (C=O) groups excluding carboxylic acids is 3. The summed E-state index contributed by atoms with van der Waals surface area (Å²) in [6.07, 6.45) is 2.41. The number of carboxylic acid groups (broad SMARTS) is 1. The summed E-state index contributed by atoms with van der Waals surface area (Å²) >= 11 is 1.47. The number of nitrogens with zero attached hydrogens (tertiary/aromatic N) is 2. The van der Waals surface area contributed by atoms with Crippen LogP contribution in [0, 0.1) is 17.8 Å². The topological polar surface area (TPSA) is 159 Å². The molecular formula is C24H37N5O5S. The van der Waals surface area contributed by atoms with Gasteiger partial charge in [0, 0.05) is 47.7 Å². The number of ketones is 1. The van der Waals surface area contributed by atoms with Crippen LogP contribution in [0.15, 0.2) is 10.6 Å². The van der Waals surface area contributed by atoms with Gasteiger partial charge in [0.25, 0.3) is 0 Å². The van der Waals surface area contributed by atoms with Crippen LogP contribution in [-0.4, -0.2) is 87.5 Å². The van der Waals surface area contributed by atoms with E-state index in [1.54, 1.807) is 0 Å². The molecule has 0 aromatic carbocycles. The fourth-order valence-electron chi connectivity index (χ4n) is 6.23. The number of hydrogen-bond acceptors (Lipinski definition) is 8. The molecule has 0 radical (unpaired) electrons. The maximum atomic E-state index is 13.1. The van der Waals surface area contributed by atoms with Gasteiger partial charge in [-0.25, -0.2) is 4.79 Å². The summed E-state index contributed by atoms with van der Waals surface area (Å²) in [5, 5.41) is 13.3. The van der Waals surface area contributed by atoms with Crippen LogP contribution >= 0.6 is 11.8 Å². The second-order valence-corrected chi connectivity index (χ2v) is 11.9. The molecule has 4 heterocycles. The van der Waals surface area contributed by atoms with E-state index < -0.39 is 11.9 Å². The molecule has 10 nitrogen and oxygen atoms in total. The Kier molecular flexibility index (Phi) is 7.61. The van der Waals surface area contributed by atoms with E-state index in [9.17, 15) is 24.3 Å². The third kappa shape index (κ3) is 4.75. The fraction of sp³-hybridized carbons (Fsp3) is 0.750. The average molecular weight is 508 g/mol. The highest BCUT2D eigenvalue weighted by Crippen LogP contribution is 2.53. The van der Waals surface area contributed by atoms with Gasteiger partial charge in [-0.2, -0.15) is 0 Å². The van der Waals surface area contributed by atoms with Crippen molar-refractivity contribution in [1.29, 1.82) is 0 Å². The number of carbonyl (C=O) groups is 4. The van der Waals surface area contributed by atoms with Crippen LogP contribution in [0.2, 0.25) is 0 Å². The van der Waals surface area contributed by atoms with Crippen molar-refractivity contribution in [3.05, 3.63) is 10.6 Å². The van der Waals surface area contributed by atoms with Gasteiger partial charge < -0.3 is 31.7 Å². The molecule has 4 aliphatic rings. The number of rotatable bonds is 8. The Morgan fingerprint density at radius 3 is 2.60 bits per heavy atom. The fourth-order valence-corrected chi connectivity index (χ4v) is 7.71. The van der Waals surface area contributed by atoms with Gasteiger partial charge in [0.15, 0.2) is 0 Å². The van der Waals surface area contributed by atoms with Crippen molar-refractivity contribution in [1.82, 2.24) is 15.1 Å². The number of thioether (sulfide) groups is 1. The molecule has 6 N–H and O–H groups in total. The van der Waals surface area contributed by atoms with Crippen molar-refractivity contribution in [2.75, 3.05) is 19.6 Å². The second kappa shape index (κ2) is 10.2. The van der Waals surface area contributed by atoms with Crippen LogP contribution in [0.5, 0.6) is 0 Å². The monoisotopic (exact) mass is 507 g/mol. The number of fused-ring (bicyclic) bond motifs is 1. The lowest BCUT2D eigenvalue weighted by Gasteiger charge is -2.47. The number of hydrogen-bond donors (Lipinski definition) is 4. The van der Waals surface area contributed by atoms with Crippen LogP contribution in [0.3, 0.4) is 0 Å². The van der Waals surface area contributed by atoms with Crippen molar-refractivity contribution in [3.8, 4) is 0 Å². The molecule has 4 aliphatic heterocycles. The Morgan fingerprint density at radius 2 is 1.97 bits per heavy atom. The number of nitrogens with one attached hydrogen (secondary N) is 1. The second-order valence-electron chi connectivity index (χ2n) is 10.6. The number of carboxylic acids is 1. The molecule has 0 spiro atoms. The third-order valence-electron chi connectivity index (χ3n) is 8.06. The Balaban J connectivity index is 1.44. The van der Waals surface area contributed by atoms with Gasteiger partial charge in [-0.3, -0.25) is 14.4 Å². The molecule has 0 saturated carbocycles. The molecule has 2 unspecified atom stereocenters. The highest BCUT2D eigenvalue weighted by Gasteiger charge is 2.60. The summed E-state index contributed by atoms with van der Waals surface area (Å²) in [5.74, 6) is -2.11. The zero-order chi connectivity index (χ0) is 25.6. The largest absolute Gasteiger partial charge is 0.477 e. The van der Waals surface area contributed by atoms with Crippen molar-refractivity contribution >= 4 is 35.3 Å². The molecule has 11 heteroatoms. The van der Waals surface area contributed by atoms with Crippen LogP contribution < -0.4 is 16.8 Å². The van der Waals surface area contributed by atoms with Crippen LogP contribution in [-0.2, 0) is 19.2 Å². The quantitative estimate of drug-likeness (QED) is 0.335. The smallest absolute Gasteiger partial charge is 0.353 e. The van der Waals surface area contributed by atoms with Crippen molar-refractivity contribution in [3.63, 3.8) is 0 Å². The van der Waals surface area contributed by atoms with Gasteiger partial charge >= 0.3 is 5.97 Å². The van der Waals surface area contributed by atoms with E-state index in [1.807, 2.05) is 25.7 Å². The SMILES string of the molecule is CC1CC(N)CCN1C(=O)[C@@H]1C[C@H](SC2=C(C(=O)O)N3C(=O)[C@H]([C@@H](C)CC(=O)CN)[C@@H]3[C@H]2C)CN1. The van der Waals surface area contributed by atoms with E-state index in [2.05, 4.69) is 5.32 Å². The van der Waals surface area contributed by atoms with Gasteiger partial charge in [0.1, 0.15) is 11.5 Å². The van der Waals surface area contributed by atoms with E-state index in [0.717, 1.165) is 12.8 Å². The van der Waals surface area contributed by atoms with Gasteiger partial charge in [0.05, 0.1) is 24.5 Å². The maximum absolute atomic E-state index is 13.1. The molecular weight excluding hydrogens is 470 g/mol. The molecule has 8 atom stereocenters. The number of aliphatic carboxylic acids is 1. The third-order valence-corrected chi connectivity index (χ3v) is 9.58. The zero-order valence-electron chi connectivity index (χ0n) is 20.6. The Bertz CT molecular complexity index is 941. The average Bonchev–Trinajstić information content (AvgIpc) is 3.35. The van der Waals surface area contributed by atoms with Crippen molar-refractivity contribution < 1.29 is 24.3 Å². The van der Waals surface area contributed by atoms with Gasteiger partial charge in [-0.1, -0.05) is 13.8 Å². The molecule has 35 heavy (non-hydrogen) atoms. The first-order valence-corrected chi connectivity index (χ1v) is 13.4. The molecule has 0 aliphatic carbocycles. The number of nitrogens with two attached hydrogens (primary N) is 2. The van der Waals surface area contributed by atoms with Gasteiger partial charge in [0.2, 0.25) is 11.8 Å². The summed E-state index contributed by atoms with van der Waals surface area (Å²) in [7, 11) is 0. The zero-order valence-corrected chi connectivity index (χ0v) is 21.4. The lowest BCUT2D eigenvalue weighted by atomic mass is 9.73. The Morgan fingerprint density at radius 1 is 1.26 bits per heavy atom. The first-order valence-electron chi connectivity index (χ1n) is 12.5. The standard InChI is InChI=1S/C24H37N5O5S/c1-11(6-15(30)9-25)18-19-13(3)21(20(24(33)34)29(19)23(18)32)35-16-8-17(27-10-16)22(31)28-5-4-14(26)7-12(28)2/h11-14,16-19,27H,4-10,25-26H2,1-3H3,(H,33,34)/t11-,12?,13+,14?,16-,17-,18+,19-/m0/s1. The van der Waals surface area contributed by atoms with E-state index >= 15 is 0 Å². The normalized spacial score (nSPS) is 35.7. The molecule has 3 saturated heterocycles. The van der Waals surface area contributed by atoms with Crippen molar-refractivity contribution in [2.45, 2.75) is 75.9 Å². The predicted molar refractivity (Wildman–Crippen MR) is 132 cm³/mol. The van der Waals surface area contributed by atoms with E-state index in [0.29, 0.717) is 24.4 Å². The van der Waals surface area contributed by atoms with E-state index in [-0.39, 0.29) is 77.5 Å². The van der Waals surface area contributed by atoms with Crippen LogP contribution in [0.4, 0.5) is 0 Å². The molecule has 0 bridgehead atoms. The van der Waals surface area contributed by atoms with E-state index in [4.69, 9.17) is 11.5 Å². The number of likely N-dealkylation sites (tertiary alicyclic amines) is 1. The highest BCUT2D eigenvalue weighted by molar-refractivity contribution is 8.03. The van der Waals surface area contributed by atoms with Crippen molar-refractivity contribution in [2.24, 2.45) is 29.2 Å². The summed E-state index contributed by atoms with van der Waals surface area (Å²) < 4.78 is 0. The molecule has 3 fully saturated rings. The highest BCUT2D eigenvalue weighted by atomic mass is 32.2. The Hall–Kier alpha value is -1.95. The number of Topliss-reactive ketones (excluding diaryl/α,β-unsaturated/α-hetero) is 1. The van der Waals surface area contributed by atoms with Crippen LogP contribution in [0.25, 0.3) is 0 Å². The number of β-lactam (4-membered cyclic amide) rings is 1. The lowest BCUT2D eigenvalue weighted by Crippen LogP contribution is -2.62. The van der Waals surface area contributed by atoms with E-state index in [1.165, 1.54) is 16.7 Å². The number of amides is 2. The molecule has 194 valence electrons. The van der Waals surface area contributed by atoms with Crippen LogP contribution in [0.1, 0.15) is 46.5 Å². The summed E-state index contributed by atoms with van der Waals surface area (Å²) in [6.45, 7) is 7.03. The lowest BCUT2D eigenvalue weighted by molar-refractivity contribution is -0.160. The molecule has 0 aromatic rings. The maximum Gasteiger partial charge on any atom is 0.353 e. The summed E-state index contributed by atoms with van der Waals surface area (Å²) in [6, 6.07) is -0.326.